The number of hydrogen-bond acceptors (Lipinski definition) is 0. The molecular weight excluding hydrogens is 675 g/mol. The minimum Gasteiger partial charge on any atom is -0.309 e. The fourth-order valence-electron chi connectivity index (χ4n) is 9.94. The van der Waals surface area contributed by atoms with Gasteiger partial charge in [0.2, 0.25) is 0 Å². The summed E-state index contributed by atoms with van der Waals surface area (Å²) in [5.74, 6) is 0. The molecule has 1 aliphatic carbocycles. The summed E-state index contributed by atoms with van der Waals surface area (Å²) in [5.41, 5.74) is 13.9. The summed E-state index contributed by atoms with van der Waals surface area (Å²) in [6.45, 7) is 4.67. The van der Waals surface area contributed by atoms with Crippen LogP contribution in [0.4, 0.5) is 0 Å². The third-order valence-corrected chi connectivity index (χ3v) is 12.4. The molecule has 0 unspecified atom stereocenters. The van der Waals surface area contributed by atoms with E-state index in [-0.39, 0.29) is 35.1 Å². The molecule has 0 fully saturated rings. The highest BCUT2D eigenvalue weighted by atomic mass is 15.0. The van der Waals surface area contributed by atoms with Crippen LogP contribution in [0.3, 0.4) is 0 Å². The van der Waals surface area contributed by atoms with Crippen LogP contribution < -0.4 is 0 Å². The SMILES string of the molecule is [2H]c1c([2H])c([2H])c(-c2ccc3ccc4c(-c5cccc(-n6c7ccccc7c7c8c(ccc76)C(C)(C)c6ccccc6-8)c5)cc(-c5ccccc5)c5ccc2c3c54)c([2H])c1[2H]. The van der Waals surface area contributed by atoms with Gasteiger partial charge in [-0.2, -0.15) is 0 Å². The van der Waals surface area contributed by atoms with Crippen LogP contribution in [0, 0.1) is 0 Å². The summed E-state index contributed by atoms with van der Waals surface area (Å²) in [6, 6.07) is 55.0. The molecular formula is C55H37N. The monoisotopic (exact) mass is 716 g/mol. The molecule has 0 N–H and O–H groups in total. The zero-order chi connectivity index (χ0) is 41.5. The van der Waals surface area contributed by atoms with Gasteiger partial charge in [-0.05, 0) is 118 Å². The maximum Gasteiger partial charge on any atom is 0.0629 e. The van der Waals surface area contributed by atoms with Gasteiger partial charge in [0, 0.05) is 21.9 Å². The third-order valence-electron chi connectivity index (χ3n) is 12.4. The molecule has 0 atom stereocenters. The Labute approximate surface area is 333 Å². The summed E-state index contributed by atoms with van der Waals surface area (Å²) in [6.07, 6.45) is 0. The molecule has 0 aliphatic heterocycles. The van der Waals surface area contributed by atoms with Crippen LogP contribution in [0.5, 0.6) is 0 Å². The van der Waals surface area contributed by atoms with Gasteiger partial charge >= 0.3 is 0 Å². The molecule has 1 nitrogen and oxygen atoms in total. The smallest absolute Gasteiger partial charge is 0.0629 e. The first-order valence-corrected chi connectivity index (χ1v) is 19.3. The second-order valence-corrected chi connectivity index (χ2v) is 15.7. The molecule has 1 aliphatic rings. The molecule has 0 spiro atoms. The summed E-state index contributed by atoms with van der Waals surface area (Å²) < 4.78 is 45.4. The van der Waals surface area contributed by atoms with Crippen molar-refractivity contribution in [2.75, 3.05) is 0 Å². The van der Waals surface area contributed by atoms with Crippen LogP contribution in [0.15, 0.2) is 188 Å². The van der Waals surface area contributed by atoms with Crippen LogP contribution in [-0.2, 0) is 5.41 Å². The van der Waals surface area contributed by atoms with Gasteiger partial charge in [-0.1, -0.05) is 171 Å². The van der Waals surface area contributed by atoms with Crippen molar-refractivity contribution >= 4 is 54.1 Å². The normalized spacial score (nSPS) is 14.6. The standard InChI is InChI=1S/C55H37N/c1-55(2)47-22-11-9-20-43(47)53-48(55)30-31-50-54(53)44-21-10-12-23-49(44)56(50)38-19-13-18-37(32-38)46-33-45(35-16-7-4-8-17-35)42-29-28-40-39(34-14-5-3-6-15-34)26-24-36-25-27-41(46)52(42)51(36)40/h3-33H,1-2H3/i3D,5D,6D,14D,15D. The summed E-state index contributed by atoms with van der Waals surface area (Å²) in [5, 5.41) is 8.66. The van der Waals surface area contributed by atoms with Crippen molar-refractivity contribution < 1.29 is 6.85 Å². The average molecular weight is 717 g/mol. The van der Waals surface area contributed by atoms with E-state index in [1.807, 2.05) is 18.2 Å². The number of rotatable bonds is 4. The Balaban J connectivity index is 1.14. The Morgan fingerprint density at radius 2 is 1.12 bits per heavy atom. The predicted molar refractivity (Wildman–Crippen MR) is 238 cm³/mol. The number of nitrogens with zero attached hydrogens (tertiary/aromatic N) is 1. The Morgan fingerprint density at radius 3 is 1.98 bits per heavy atom. The highest BCUT2D eigenvalue weighted by molar-refractivity contribution is 6.30. The highest BCUT2D eigenvalue weighted by Gasteiger charge is 2.37. The van der Waals surface area contributed by atoms with Crippen molar-refractivity contribution in [2.45, 2.75) is 19.3 Å². The van der Waals surface area contributed by atoms with E-state index >= 15 is 0 Å². The summed E-state index contributed by atoms with van der Waals surface area (Å²) >= 11 is 0. The molecule has 0 amide bonds. The molecule has 0 bridgehead atoms. The van der Waals surface area contributed by atoms with E-state index in [1.165, 1.54) is 38.5 Å². The minimum atomic E-state index is -0.394. The van der Waals surface area contributed by atoms with Crippen molar-refractivity contribution in [1.29, 1.82) is 0 Å². The number of aromatic nitrogens is 1. The molecule has 10 aromatic carbocycles. The number of para-hydroxylation sites is 1. The van der Waals surface area contributed by atoms with Crippen LogP contribution in [0.25, 0.3) is 104 Å². The molecule has 0 radical (unpaired) electrons. The van der Waals surface area contributed by atoms with Gasteiger partial charge < -0.3 is 4.57 Å². The minimum absolute atomic E-state index is 0.107. The zero-order valence-corrected chi connectivity index (χ0v) is 31.0. The average Bonchev–Trinajstić information content (AvgIpc) is 3.75. The van der Waals surface area contributed by atoms with Gasteiger partial charge in [0.05, 0.1) is 17.9 Å². The second kappa shape index (κ2) is 11.5. The van der Waals surface area contributed by atoms with Gasteiger partial charge in [-0.3, -0.25) is 0 Å². The third kappa shape index (κ3) is 4.26. The molecule has 0 saturated carbocycles. The molecule has 1 heteroatoms. The summed E-state index contributed by atoms with van der Waals surface area (Å²) in [4.78, 5) is 0. The van der Waals surface area contributed by atoms with Gasteiger partial charge in [-0.15, -0.1) is 0 Å². The van der Waals surface area contributed by atoms with Crippen molar-refractivity contribution in [3.8, 4) is 50.2 Å². The molecule has 11 aromatic rings. The number of benzene rings is 10. The lowest BCUT2D eigenvalue weighted by molar-refractivity contribution is 0.661. The van der Waals surface area contributed by atoms with Gasteiger partial charge in [-0.25, -0.2) is 0 Å². The van der Waals surface area contributed by atoms with Crippen LogP contribution in [0.2, 0.25) is 0 Å². The lowest BCUT2D eigenvalue weighted by Crippen LogP contribution is -2.14. The van der Waals surface area contributed by atoms with Crippen molar-refractivity contribution in [3.05, 3.63) is 199 Å². The Kier molecular flexibility index (Phi) is 5.51. The lowest BCUT2D eigenvalue weighted by atomic mass is 9.82. The van der Waals surface area contributed by atoms with Crippen molar-refractivity contribution in [1.82, 2.24) is 4.57 Å². The molecule has 0 saturated heterocycles. The van der Waals surface area contributed by atoms with E-state index in [2.05, 4.69) is 158 Å². The van der Waals surface area contributed by atoms with Gasteiger partial charge in [0.15, 0.2) is 0 Å². The number of hydrogen-bond donors (Lipinski definition) is 0. The quantitative estimate of drug-likeness (QED) is 0.160. The van der Waals surface area contributed by atoms with E-state index in [1.54, 1.807) is 0 Å². The fourth-order valence-corrected chi connectivity index (χ4v) is 9.94. The highest BCUT2D eigenvalue weighted by Crippen LogP contribution is 2.53. The number of fused-ring (bicyclic) bond motifs is 7. The van der Waals surface area contributed by atoms with E-state index in [9.17, 15) is 0 Å². The molecule has 56 heavy (non-hydrogen) atoms. The van der Waals surface area contributed by atoms with Crippen LogP contribution in [-0.4, -0.2) is 4.57 Å². The first-order chi connectivity index (χ1) is 29.6. The molecule has 1 aromatic heterocycles. The van der Waals surface area contributed by atoms with E-state index in [4.69, 9.17) is 6.85 Å². The Bertz CT molecular complexity index is 3640. The molecule has 262 valence electrons. The zero-order valence-electron chi connectivity index (χ0n) is 36.0. The van der Waals surface area contributed by atoms with Crippen LogP contribution >= 0.6 is 0 Å². The van der Waals surface area contributed by atoms with Crippen molar-refractivity contribution in [2.24, 2.45) is 0 Å². The molecule has 12 rings (SSSR count). The van der Waals surface area contributed by atoms with Crippen LogP contribution in [0.1, 0.15) is 31.8 Å². The first kappa shape index (κ1) is 26.8. The van der Waals surface area contributed by atoms with E-state index in [0.717, 1.165) is 65.8 Å². The molecule has 1 heterocycles. The second-order valence-electron chi connectivity index (χ2n) is 15.7. The van der Waals surface area contributed by atoms with Gasteiger partial charge in [0.25, 0.3) is 0 Å². The maximum atomic E-state index is 8.89. The largest absolute Gasteiger partial charge is 0.309 e. The van der Waals surface area contributed by atoms with Crippen molar-refractivity contribution in [3.63, 3.8) is 0 Å². The Morgan fingerprint density at radius 1 is 0.429 bits per heavy atom. The van der Waals surface area contributed by atoms with Gasteiger partial charge in [0.1, 0.15) is 0 Å². The van der Waals surface area contributed by atoms with E-state index < -0.39 is 6.04 Å². The van der Waals surface area contributed by atoms with E-state index in [0.29, 0.717) is 5.56 Å². The Hall–Kier alpha value is -6.96. The maximum absolute atomic E-state index is 8.89. The predicted octanol–water partition coefficient (Wildman–Crippen LogP) is 15.0. The fraction of sp³-hybridized carbons (Fsp3) is 0.0545. The summed E-state index contributed by atoms with van der Waals surface area (Å²) in [7, 11) is 0. The lowest BCUT2D eigenvalue weighted by Gasteiger charge is -2.21. The topological polar surface area (TPSA) is 4.93 Å². The first-order valence-electron chi connectivity index (χ1n) is 21.8.